The van der Waals surface area contributed by atoms with Crippen molar-refractivity contribution in [1.29, 1.82) is 0 Å². The first kappa shape index (κ1) is 16.4. The van der Waals surface area contributed by atoms with E-state index in [1.807, 2.05) is 37.4 Å². The Bertz CT molecular complexity index is 759. The third-order valence-corrected chi connectivity index (χ3v) is 4.80. The summed E-state index contributed by atoms with van der Waals surface area (Å²) in [5.41, 5.74) is 5.06. The molecule has 1 aliphatic carbocycles. The van der Waals surface area contributed by atoms with Crippen LogP contribution in [-0.2, 0) is 6.54 Å². The number of ether oxygens (including phenoxy) is 1. The first-order valence-electron chi connectivity index (χ1n) is 8.01. The van der Waals surface area contributed by atoms with Crippen LogP contribution in [0.2, 0.25) is 0 Å². The van der Waals surface area contributed by atoms with Crippen LogP contribution in [0.1, 0.15) is 26.1 Å². The van der Waals surface area contributed by atoms with Crippen molar-refractivity contribution < 1.29 is 4.74 Å². The number of para-hydroxylation sites is 1. The molecule has 0 saturated heterocycles. The van der Waals surface area contributed by atoms with Gasteiger partial charge in [-0.25, -0.2) is 4.79 Å². The van der Waals surface area contributed by atoms with Crippen molar-refractivity contribution in [3.05, 3.63) is 46.6 Å². The topological polar surface area (TPSA) is 97.1 Å². The van der Waals surface area contributed by atoms with E-state index in [1.54, 1.807) is 0 Å². The molecule has 1 aromatic heterocycles. The highest BCUT2D eigenvalue weighted by Gasteiger charge is 2.51. The van der Waals surface area contributed by atoms with Crippen molar-refractivity contribution in [3.8, 4) is 5.75 Å². The van der Waals surface area contributed by atoms with Crippen molar-refractivity contribution in [2.24, 2.45) is 5.41 Å². The highest BCUT2D eigenvalue weighted by atomic mass is 16.5. The fourth-order valence-electron chi connectivity index (χ4n) is 3.34. The fraction of sp³-hybridized carbons (Fsp3) is 0.471. The molecule has 7 heteroatoms. The minimum atomic E-state index is -0.468. The van der Waals surface area contributed by atoms with Crippen LogP contribution in [-0.4, -0.2) is 39.0 Å². The number of nitrogens with two attached hydrogens (primary N) is 1. The Morgan fingerprint density at radius 3 is 2.67 bits per heavy atom. The predicted octanol–water partition coefficient (Wildman–Crippen LogP) is 1.43. The first-order valence-corrected chi connectivity index (χ1v) is 8.01. The number of H-pyrrole nitrogens is 1. The van der Waals surface area contributed by atoms with Gasteiger partial charge in [-0.3, -0.25) is 9.88 Å². The van der Waals surface area contributed by atoms with E-state index in [1.165, 1.54) is 0 Å². The third-order valence-electron chi connectivity index (χ3n) is 4.80. The summed E-state index contributed by atoms with van der Waals surface area (Å²) in [6.45, 7) is 4.90. The summed E-state index contributed by atoms with van der Waals surface area (Å²) in [5, 5.41) is 0. The molecule has 128 valence electrons. The van der Waals surface area contributed by atoms with Gasteiger partial charge in [-0.1, -0.05) is 32.0 Å². The van der Waals surface area contributed by atoms with Crippen LogP contribution in [0.25, 0.3) is 0 Å². The van der Waals surface area contributed by atoms with Gasteiger partial charge in [0.2, 0.25) is 5.95 Å². The highest BCUT2D eigenvalue weighted by Crippen LogP contribution is 2.45. The second kappa shape index (κ2) is 6.24. The van der Waals surface area contributed by atoms with Crippen LogP contribution >= 0.6 is 0 Å². The number of nitrogens with zero attached hydrogens (tertiary/aromatic N) is 3. The molecule has 2 atom stereocenters. The Labute approximate surface area is 140 Å². The number of hydrogen-bond acceptors (Lipinski definition) is 6. The zero-order valence-electron chi connectivity index (χ0n) is 14.2. The van der Waals surface area contributed by atoms with Gasteiger partial charge in [0.25, 0.3) is 0 Å². The SMILES string of the molecule is CN(Cc1nc(N)nc(=O)[nH]1)C1CC(Oc2ccccc2)C1(C)C. The molecule has 0 amide bonds. The van der Waals surface area contributed by atoms with Crippen molar-refractivity contribution in [3.63, 3.8) is 0 Å². The molecule has 1 aliphatic rings. The molecule has 2 aromatic rings. The van der Waals surface area contributed by atoms with E-state index in [2.05, 4.69) is 33.7 Å². The second-order valence-corrected chi connectivity index (χ2v) is 6.87. The summed E-state index contributed by atoms with van der Waals surface area (Å²) in [7, 11) is 2.02. The Morgan fingerprint density at radius 2 is 2.04 bits per heavy atom. The van der Waals surface area contributed by atoms with Crippen LogP contribution < -0.4 is 16.2 Å². The van der Waals surface area contributed by atoms with Crippen molar-refractivity contribution >= 4 is 5.95 Å². The smallest absolute Gasteiger partial charge is 0.349 e. The summed E-state index contributed by atoms with van der Waals surface area (Å²) < 4.78 is 6.10. The molecule has 24 heavy (non-hydrogen) atoms. The molecule has 1 fully saturated rings. The quantitative estimate of drug-likeness (QED) is 0.861. The maximum absolute atomic E-state index is 11.4. The van der Waals surface area contributed by atoms with Gasteiger partial charge in [0.05, 0.1) is 6.54 Å². The Kier molecular flexibility index (Phi) is 4.28. The van der Waals surface area contributed by atoms with Gasteiger partial charge in [0.15, 0.2) is 0 Å². The number of nitrogens with one attached hydrogen (secondary N) is 1. The lowest BCUT2D eigenvalue weighted by Crippen LogP contribution is -2.62. The zero-order valence-corrected chi connectivity index (χ0v) is 14.2. The third kappa shape index (κ3) is 3.26. The van der Waals surface area contributed by atoms with Gasteiger partial charge < -0.3 is 10.5 Å². The molecule has 3 N–H and O–H groups in total. The summed E-state index contributed by atoms with van der Waals surface area (Å²) in [5.74, 6) is 1.42. The fourth-order valence-corrected chi connectivity index (χ4v) is 3.34. The Morgan fingerprint density at radius 1 is 1.33 bits per heavy atom. The van der Waals surface area contributed by atoms with Crippen LogP contribution in [0.15, 0.2) is 35.1 Å². The summed E-state index contributed by atoms with van der Waals surface area (Å²) in [6, 6.07) is 10.2. The summed E-state index contributed by atoms with van der Waals surface area (Å²) >= 11 is 0. The number of benzene rings is 1. The van der Waals surface area contributed by atoms with E-state index in [4.69, 9.17) is 10.5 Å². The lowest BCUT2D eigenvalue weighted by molar-refractivity contribution is -0.102. The van der Waals surface area contributed by atoms with E-state index in [0.29, 0.717) is 18.4 Å². The van der Waals surface area contributed by atoms with Crippen LogP contribution in [0.4, 0.5) is 5.95 Å². The predicted molar refractivity (Wildman–Crippen MR) is 91.6 cm³/mol. The van der Waals surface area contributed by atoms with E-state index in [9.17, 15) is 4.79 Å². The molecule has 1 saturated carbocycles. The highest BCUT2D eigenvalue weighted by molar-refractivity contribution is 5.22. The van der Waals surface area contributed by atoms with Crippen LogP contribution in [0.3, 0.4) is 0 Å². The van der Waals surface area contributed by atoms with Crippen LogP contribution in [0, 0.1) is 5.41 Å². The zero-order chi connectivity index (χ0) is 17.3. The van der Waals surface area contributed by atoms with Gasteiger partial charge in [0.1, 0.15) is 17.7 Å². The van der Waals surface area contributed by atoms with Crippen LogP contribution in [0.5, 0.6) is 5.75 Å². The van der Waals surface area contributed by atoms with E-state index >= 15 is 0 Å². The average molecular weight is 329 g/mol. The number of hydrogen-bond donors (Lipinski definition) is 2. The maximum atomic E-state index is 11.4. The molecule has 0 aliphatic heterocycles. The van der Waals surface area contributed by atoms with Gasteiger partial charge in [-0.15, -0.1) is 0 Å². The molecule has 0 radical (unpaired) electrons. The van der Waals surface area contributed by atoms with Gasteiger partial charge in [-0.05, 0) is 19.2 Å². The van der Waals surface area contributed by atoms with E-state index in [0.717, 1.165) is 12.2 Å². The van der Waals surface area contributed by atoms with Gasteiger partial charge >= 0.3 is 5.69 Å². The molecule has 3 rings (SSSR count). The van der Waals surface area contributed by atoms with Gasteiger partial charge in [0, 0.05) is 17.9 Å². The lowest BCUT2D eigenvalue weighted by atomic mass is 9.64. The number of aromatic amines is 1. The molecule has 1 heterocycles. The number of aromatic nitrogens is 3. The summed E-state index contributed by atoms with van der Waals surface area (Å²) in [4.78, 5) is 23.8. The maximum Gasteiger partial charge on any atom is 0.349 e. The number of rotatable bonds is 5. The standard InChI is InChI=1S/C17H23N5O2/c1-17(2)12(9-13(17)24-11-7-5-4-6-8-11)22(3)10-14-19-15(18)21-16(23)20-14/h4-8,12-13H,9-10H2,1-3H3,(H3,18,19,20,21,23). The monoisotopic (exact) mass is 329 g/mol. The molecule has 7 nitrogen and oxygen atoms in total. The Balaban J connectivity index is 1.64. The lowest BCUT2D eigenvalue weighted by Gasteiger charge is -2.54. The van der Waals surface area contributed by atoms with E-state index < -0.39 is 5.69 Å². The second-order valence-electron chi connectivity index (χ2n) is 6.87. The molecule has 1 aromatic carbocycles. The van der Waals surface area contributed by atoms with Crippen molar-refractivity contribution in [1.82, 2.24) is 19.9 Å². The molecular weight excluding hydrogens is 306 g/mol. The molecule has 0 spiro atoms. The molecule has 0 bridgehead atoms. The van der Waals surface area contributed by atoms with Gasteiger partial charge in [-0.2, -0.15) is 9.97 Å². The minimum absolute atomic E-state index is 0.000284. The number of nitrogen functional groups attached to an aromatic ring is 1. The first-order chi connectivity index (χ1) is 11.4. The Hall–Kier alpha value is -2.41. The largest absolute Gasteiger partial charge is 0.490 e. The molecule has 2 unspecified atom stereocenters. The van der Waals surface area contributed by atoms with Crippen molar-refractivity contribution in [2.75, 3.05) is 12.8 Å². The van der Waals surface area contributed by atoms with E-state index in [-0.39, 0.29) is 17.5 Å². The number of anilines is 1. The summed E-state index contributed by atoms with van der Waals surface area (Å²) in [6.07, 6.45) is 1.07. The molecular formula is C17H23N5O2. The average Bonchev–Trinajstić information content (AvgIpc) is 2.51. The normalized spacial score (nSPS) is 22.2. The minimum Gasteiger partial charge on any atom is -0.490 e. The van der Waals surface area contributed by atoms with Crippen molar-refractivity contribution in [2.45, 2.75) is 39.0 Å².